The van der Waals surface area contributed by atoms with Gasteiger partial charge in [-0.05, 0) is 71.4 Å². The molecule has 0 bridgehead atoms. The normalized spacial score (nSPS) is 29.0. The topological polar surface area (TPSA) is 42.3 Å². The first-order valence-electron chi connectivity index (χ1n) is 10.3. The van der Waals surface area contributed by atoms with E-state index in [1.165, 1.54) is 57.1 Å². The second-order valence-electron chi connectivity index (χ2n) is 8.38. The molecule has 2 fully saturated rings. The number of ether oxygens (including phenoxy) is 1. The minimum atomic E-state index is 0.233. The maximum absolute atomic E-state index is 6.14. The van der Waals surface area contributed by atoms with Crippen LogP contribution in [-0.4, -0.2) is 54.1 Å². The van der Waals surface area contributed by atoms with E-state index >= 15 is 0 Å². The first-order valence-corrected chi connectivity index (χ1v) is 10.3. The van der Waals surface area contributed by atoms with Gasteiger partial charge in [-0.1, -0.05) is 0 Å². The molecule has 4 rings (SSSR count). The van der Waals surface area contributed by atoms with E-state index in [2.05, 4.69) is 21.9 Å². The van der Waals surface area contributed by atoms with E-state index < -0.39 is 0 Å². The summed E-state index contributed by atoms with van der Waals surface area (Å²) in [5.74, 6) is 0.698. The Morgan fingerprint density at radius 1 is 1.28 bits per heavy atom. The van der Waals surface area contributed by atoms with Crippen molar-refractivity contribution < 1.29 is 4.74 Å². The Bertz CT molecular complexity index is 581. The molecule has 2 aliphatic heterocycles. The van der Waals surface area contributed by atoms with E-state index in [1.807, 2.05) is 7.05 Å². The van der Waals surface area contributed by atoms with E-state index in [1.54, 1.807) is 11.3 Å². The van der Waals surface area contributed by atoms with Crippen LogP contribution in [0.2, 0.25) is 0 Å². The largest absolute Gasteiger partial charge is 0.375 e. The Hall–Kier alpha value is -0.910. The quantitative estimate of drug-likeness (QED) is 0.860. The molecule has 1 aromatic heterocycles. The molecule has 5 nitrogen and oxygen atoms in total. The zero-order chi connectivity index (χ0) is 17.3. The lowest BCUT2D eigenvalue weighted by atomic mass is 9.74. The molecule has 0 aromatic carbocycles. The van der Waals surface area contributed by atoms with Crippen LogP contribution in [0.1, 0.15) is 67.8 Å². The van der Waals surface area contributed by atoms with Gasteiger partial charge in [0.15, 0.2) is 0 Å². The monoisotopic (exact) mass is 346 g/mol. The highest BCUT2D eigenvalue weighted by molar-refractivity contribution is 5.33. The van der Waals surface area contributed by atoms with E-state index in [9.17, 15) is 0 Å². The molecule has 1 aromatic rings. The lowest BCUT2D eigenvalue weighted by molar-refractivity contribution is -0.0282. The number of nitrogens with zero attached hydrogens (tertiary/aromatic N) is 3. The van der Waals surface area contributed by atoms with Crippen LogP contribution in [0.5, 0.6) is 0 Å². The Morgan fingerprint density at radius 3 is 2.84 bits per heavy atom. The second-order valence-corrected chi connectivity index (χ2v) is 8.38. The smallest absolute Gasteiger partial charge is 0.0802 e. The third-order valence-corrected chi connectivity index (χ3v) is 6.61. The van der Waals surface area contributed by atoms with E-state index in [0.717, 1.165) is 32.8 Å². The van der Waals surface area contributed by atoms with Gasteiger partial charge in [-0.2, -0.15) is 5.10 Å². The molecule has 5 heteroatoms. The first-order chi connectivity index (χ1) is 12.2. The minimum absolute atomic E-state index is 0.233. The Morgan fingerprint density at radius 2 is 2.12 bits per heavy atom. The van der Waals surface area contributed by atoms with Crippen LogP contribution in [0.25, 0.3) is 0 Å². The summed E-state index contributed by atoms with van der Waals surface area (Å²) in [6.07, 6.45) is 10.1. The van der Waals surface area contributed by atoms with Crippen molar-refractivity contribution in [3.05, 3.63) is 17.0 Å². The number of hydrogen-bond donors (Lipinski definition) is 1. The predicted molar refractivity (Wildman–Crippen MR) is 99.9 cm³/mol. The molecule has 3 aliphatic rings. The molecule has 3 heterocycles. The number of aromatic nitrogens is 2. The second kappa shape index (κ2) is 7.37. The summed E-state index contributed by atoms with van der Waals surface area (Å²) in [7, 11) is 4.24. The molecule has 1 aliphatic carbocycles. The van der Waals surface area contributed by atoms with Crippen molar-refractivity contribution in [2.24, 2.45) is 0 Å². The molecular weight excluding hydrogens is 312 g/mol. The van der Waals surface area contributed by atoms with Gasteiger partial charge in [0.2, 0.25) is 0 Å². The zero-order valence-corrected chi connectivity index (χ0v) is 16.0. The highest BCUT2D eigenvalue weighted by atomic mass is 16.5. The molecule has 0 atom stereocenters. The van der Waals surface area contributed by atoms with Crippen molar-refractivity contribution in [2.45, 2.75) is 76.0 Å². The summed E-state index contributed by atoms with van der Waals surface area (Å²) in [5, 5.41) is 8.27. The Balaban J connectivity index is 1.50. The average Bonchev–Trinajstić information content (AvgIpc) is 3.31. The van der Waals surface area contributed by atoms with Crippen molar-refractivity contribution in [1.82, 2.24) is 20.0 Å². The maximum Gasteiger partial charge on any atom is 0.0802 e. The molecular formula is C20H34N4O. The van der Waals surface area contributed by atoms with Gasteiger partial charge in [-0.25, -0.2) is 0 Å². The van der Waals surface area contributed by atoms with Crippen LogP contribution in [0, 0.1) is 0 Å². The number of fused-ring (bicyclic) bond motifs is 1. The lowest BCUT2D eigenvalue weighted by Gasteiger charge is -2.37. The fourth-order valence-corrected chi connectivity index (χ4v) is 5.22. The molecule has 1 saturated heterocycles. The fraction of sp³-hybridized carbons (Fsp3) is 0.850. The first kappa shape index (κ1) is 17.5. The molecule has 0 amide bonds. The SMILES string of the molecule is CNCCN(C)Cc1nn2c(c1C1CCC3(CCCO3)CC1)CCC2. The number of likely N-dealkylation sites (N-methyl/N-ethyl adjacent to an activating group) is 2. The van der Waals surface area contributed by atoms with Crippen LogP contribution in [-0.2, 0) is 24.2 Å². The summed E-state index contributed by atoms with van der Waals surface area (Å²) in [6, 6.07) is 0. The molecule has 140 valence electrons. The summed E-state index contributed by atoms with van der Waals surface area (Å²) in [6.45, 7) is 5.18. The van der Waals surface area contributed by atoms with Gasteiger partial charge in [-0.3, -0.25) is 9.58 Å². The van der Waals surface area contributed by atoms with Gasteiger partial charge < -0.3 is 10.1 Å². The Kier molecular flexibility index (Phi) is 5.16. The van der Waals surface area contributed by atoms with Crippen LogP contribution >= 0.6 is 0 Å². The van der Waals surface area contributed by atoms with Crippen LogP contribution < -0.4 is 5.32 Å². The van der Waals surface area contributed by atoms with Crippen molar-refractivity contribution in [1.29, 1.82) is 0 Å². The molecule has 0 radical (unpaired) electrons. The highest BCUT2D eigenvalue weighted by Crippen LogP contribution is 2.46. The van der Waals surface area contributed by atoms with Crippen LogP contribution in [0.4, 0.5) is 0 Å². The predicted octanol–water partition coefficient (Wildman–Crippen LogP) is 2.69. The average molecular weight is 347 g/mol. The van der Waals surface area contributed by atoms with Crippen molar-refractivity contribution in [3.8, 4) is 0 Å². The molecule has 25 heavy (non-hydrogen) atoms. The van der Waals surface area contributed by atoms with Gasteiger partial charge in [0.1, 0.15) is 0 Å². The molecule has 1 N–H and O–H groups in total. The molecule has 0 unspecified atom stereocenters. The highest BCUT2D eigenvalue weighted by Gasteiger charge is 2.40. The molecule has 1 spiro atoms. The summed E-state index contributed by atoms with van der Waals surface area (Å²) in [4.78, 5) is 2.41. The van der Waals surface area contributed by atoms with Crippen molar-refractivity contribution >= 4 is 0 Å². The number of rotatable bonds is 6. The number of nitrogens with one attached hydrogen (secondary N) is 1. The van der Waals surface area contributed by atoms with E-state index in [-0.39, 0.29) is 5.60 Å². The zero-order valence-electron chi connectivity index (χ0n) is 16.0. The fourth-order valence-electron chi connectivity index (χ4n) is 5.22. The van der Waals surface area contributed by atoms with Crippen molar-refractivity contribution in [3.63, 3.8) is 0 Å². The van der Waals surface area contributed by atoms with Gasteiger partial charge in [-0.15, -0.1) is 0 Å². The van der Waals surface area contributed by atoms with Gasteiger partial charge in [0.05, 0.1) is 11.3 Å². The minimum Gasteiger partial charge on any atom is -0.375 e. The number of hydrogen-bond acceptors (Lipinski definition) is 4. The Labute approximate surface area is 152 Å². The summed E-state index contributed by atoms with van der Waals surface area (Å²) < 4.78 is 8.46. The van der Waals surface area contributed by atoms with Gasteiger partial charge in [0.25, 0.3) is 0 Å². The van der Waals surface area contributed by atoms with E-state index in [4.69, 9.17) is 9.84 Å². The lowest BCUT2D eigenvalue weighted by Crippen LogP contribution is -2.33. The van der Waals surface area contributed by atoms with E-state index in [0.29, 0.717) is 5.92 Å². The third kappa shape index (κ3) is 3.51. The number of aryl methyl sites for hydroxylation is 1. The summed E-state index contributed by atoms with van der Waals surface area (Å²) >= 11 is 0. The molecule has 1 saturated carbocycles. The van der Waals surface area contributed by atoms with Gasteiger partial charge >= 0.3 is 0 Å². The standard InChI is InChI=1S/C20H34N4O/c1-21-11-13-23(2)15-17-19(18-5-3-12-24(18)22-17)16-6-9-20(10-7-16)8-4-14-25-20/h16,21H,3-15H2,1-2H3. The third-order valence-electron chi connectivity index (χ3n) is 6.61. The van der Waals surface area contributed by atoms with Crippen molar-refractivity contribution in [2.75, 3.05) is 33.8 Å². The van der Waals surface area contributed by atoms with Gasteiger partial charge in [0, 0.05) is 44.0 Å². The summed E-state index contributed by atoms with van der Waals surface area (Å²) in [5.41, 5.74) is 4.74. The van der Waals surface area contributed by atoms with Crippen LogP contribution in [0.15, 0.2) is 0 Å². The maximum atomic E-state index is 6.14. The van der Waals surface area contributed by atoms with Crippen LogP contribution in [0.3, 0.4) is 0 Å².